The number of ether oxygens (including phenoxy) is 1. The molecule has 0 amide bonds. The molecule has 4 aliphatic rings. The van der Waals surface area contributed by atoms with Crippen molar-refractivity contribution in [3.05, 3.63) is 0 Å². The number of epoxide rings is 1. The summed E-state index contributed by atoms with van der Waals surface area (Å²) in [7, 11) is 0. The smallest absolute Gasteiger partial charge is 0.276 e. The zero-order chi connectivity index (χ0) is 19.8. The van der Waals surface area contributed by atoms with Crippen molar-refractivity contribution in [3.63, 3.8) is 0 Å². The van der Waals surface area contributed by atoms with Gasteiger partial charge in [-0.25, -0.2) is 17.6 Å². The van der Waals surface area contributed by atoms with Crippen molar-refractivity contribution < 1.29 is 27.4 Å². The minimum atomic E-state index is -2.90. The Bertz CT molecular complexity index is 498. The van der Waals surface area contributed by atoms with Crippen LogP contribution in [0.15, 0.2) is 0 Å². The number of halogens is 4. The molecule has 2 unspecified atom stereocenters. The number of fused-ring (bicyclic) bond motifs is 1. The highest BCUT2D eigenvalue weighted by Crippen LogP contribution is 2.46. The third kappa shape index (κ3) is 4.95. The number of hydrogen-bond donors (Lipinski definition) is 1. The first kappa shape index (κ1) is 21.3. The summed E-state index contributed by atoms with van der Waals surface area (Å²) in [4.78, 5) is 4.40. The molecule has 0 radical (unpaired) electrons. The Balaban J connectivity index is 0.000000193. The quantitative estimate of drug-likeness (QED) is 0.575. The Morgan fingerprint density at radius 2 is 1.52 bits per heavy atom. The van der Waals surface area contributed by atoms with Crippen molar-refractivity contribution in [3.8, 4) is 0 Å². The highest BCUT2D eigenvalue weighted by molar-refractivity contribution is 4.99. The average molecular weight is 396 g/mol. The van der Waals surface area contributed by atoms with Crippen molar-refractivity contribution in [1.82, 2.24) is 9.80 Å². The highest BCUT2D eigenvalue weighted by Gasteiger charge is 2.58. The fraction of sp³-hybridized carbons (Fsp3) is 1.00. The van der Waals surface area contributed by atoms with Gasteiger partial charge in [-0.05, 0) is 39.5 Å². The highest BCUT2D eigenvalue weighted by atomic mass is 19.3. The lowest BCUT2D eigenvalue weighted by molar-refractivity contribution is -0.165. The molecule has 4 nitrogen and oxygen atoms in total. The molecule has 0 bridgehead atoms. The van der Waals surface area contributed by atoms with E-state index in [4.69, 9.17) is 4.74 Å². The summed E-state index contributed by atoms with van der Waals surface area (Å²) in [6, 6.07) is 0.146. The lowest BCUT2D eigenvalue weighted by atomic mass is 9.87. The molecule has 4 atom stereocenters. The van der Waals surface area contributed by atoms with E-state index in [1.165, 1.54) is 0 Å². The monoisotopic (exact) mass is 396 g/mol. The van der Waals surface area contributed by atoms with E-state index in [9.17, 15) is 22.7 Å². The summed E-state index contributed by atoms with van der Waals surface area (Å²) in [5, 5.41) is 9.82. The van der Waals surface area contributed by atoms with Crippen LogP contribution in [0.4, 0.5) is 17.6 Å². The van der Waals surface area contributed by atoms with Crippen LogP contribution in [0.5, 0.6) is 0 Å². The van der Waals surface area contributed by atoms with Gasteiger partial charge in [0.05, 0.1) is 6.10 Å². The predicted molar refractivity (Wildman–Crippen MR) is 94.3 cm³/mol. The van der Waals surface area contributed by atoms with E-state index < -0.39 is 24.1 Å². The van der Waals surface area contributed by atoms with Gasteiger partial charge in [-0.1, -0.05) is 0 Å². The molecule has 27 heavy (non-hydrogen) atoms. The van der Waals surface area contributed by atoms with E-state index in [0.29, 0.717) is 25.3 Å². The molecule has 0 aromatic heterocycles. The predicted octanol–water partition coefficient (Wildman–Crippen LogP) is 3.13. The fourth-order valence-corrected chi connectivity index (χ4v) is 4.52. The number of alkyl halides is 4. The largest absolute Gasteiger partial charge is 0.385 e. The zero-order valence-electron chi connectivity index (χ0n) is 16.2. The van der Waals surface area contributed by atoms with E-state index in [0.717, 1.165) is 32.6 Å². The second-order valence-electron chi connectivity index (χ2n) is 8.58. The molecule has 158 valence electrons. The fourth-order valence-electron chi connectivity index (χ4n) is 4.52. The topological polar surface area (TPSA) is 39.2 Å². The van der Waals surface area contributed by atoms with E-state index in [-0.39, 0.29) is 25.0 Å². The van der Waals surface area contributed by atoms with Crippen LogP contribution in [0.2, 0.25) is 0 Å². The molecule has 4 rings (SSSR count). The number of nitrogens with zero attached hydrogens (tertiary/aromatic N) is 2. The van der Waals surface area contributed by atoms with E-state index in [2.05, 4.69) is 23.6 Å². The first-order chi connectivity index (χ1) is 12.6. The molecule has 0 spiro atoms. The van der Waals surface area contributed by atoms with E-state index >= 15 is 0 Å². The summed E-state index contributed by atoms with van der Waals surface area (Å²) < 4.78 is 56.8. The van der Waals surface area contributed by atoms with Crippen LogP contribution in [0.1, 0.15) is 52.4 Å². The molecule has 8 heteroatoms. The molecule has 1 N–H and O–H groups in total. The summed E-state index contributed by atoms with van der Waals surface area (Å²) >= 11 is 0. The Kier molecular flexibility index (Phi) is 6.40. The maximum atomic E-state index is 13.5. The van der Waals surface area contributed by atoms with Crippen molar-refractivity contribution in [2.45, 2.75) is 94.6 Å². The van der Waals surface area contributed by atoms with Crippen LogP contribution in [0.25, 0.3) is 0 Å². The zero-order valence-corrected chi connectivity index (χ0v) is 16.2. The summed E-state index contributed by atoms with van der Waals surface area (Å²) in [6.07, 6.45) is 0.202. The van der Waals surface area contributed by atoms with Gasteiger partial charge in [0.15, 0.2) is 0 Å². The molecule has 0 aromatic carbocycles. The SMILES string of the molecule is CC(C)N1CCN([C@H]2CCCC(F)(F)[C@@H]2O)CC1.FC1(F)CCCC2OC21. The van der Waals surface area contributed by atoms with Crippen molar-refractivity contribution >= 4 is 0 Å². The third-order valence-corrected chi connectivity index (χ3v) is 6.35. The van der Waals surface area contributed by atoms with Gasteiger partial charge in [0.25, 0.3) is 11.8 Å². The maximum Gasteiger partial charge on any atom is 0.276 e. The lowest BCUT2D eigenvalue weighted by Gasteiger charge is -2.45. The van der Waals surface area contributed by atoms with Crippen LogP contribution >= 0.6 is 0 Å². The first-order valence-corrected chi connectivity index (χ1v) is 10.2. The number of aliphatic hydroxyl groups excluding tert-OH is 1. The third-order valence-electron chi connectivity index (χ3n) is 6.35. The Labute approximate surface area is 158 Å². The molecule has 2 heterocycles. The molecule has 0 aromatic rings. The van der Waals surface area contributed by atoms with Crippen molar-refractivity contribution in [2.75, 3.05) is 26.2 Å². The molecule has 2 aliphatic heterocycles. The van der Waals surface area contributed by atoms with Gasteiger partial charge in [-0.3, -0.25) is 9.80 Å². The van der Waals surface area contributed by atoms with E-state index in [1.807, 2.05) is 0 Å². The van der Waals surface area contributed by atoms with Gasteiger partial charge in [-0.15, -0.1) is 0 Å². The van der Waals surface area contributed by atoms with Gasteiger partial charge in [0, 0.05) is 51.1 Å². The molecular formula is C19H32F4N2O2. The van der Waals surface area contributed by atoms with Gasteiger partial charge in [0.1, 0.15) is 12.2 Å². The average Bonchev–Trinajstić information content (AvgIpc) is 3.39. The van der Waals surface area contributed by atoms with E-state index in [1.54, 1.807) is 0 Å². The molecular weight excluding hydrogens is 364 g/mol. The minimum Gasteiger partial charge on any atom is -0.385 e. The Morgan fingerprint density at radius 3 is 2.07 bits per heavy atom. The second-order valence-corrected chi connectivity index (χ2v) is 8.58. The van der Waals surface area contributed by atoms with Crippen LogP contribution in [0.3, 0.4) is 0 Å². The summed E-state index contributed by atoms with van der Waals surface area (Å²) in [5.74, 6) is -5.42. The van der Waals surface area contributed by atoms with Crippen LogP contribution in [-0.2, 0) is 4.74 Å². The van der Waals surface area contributed by atoms with Gasteiger partial charge >= 0.3 is 0 Å². The Hall–Kier alpha value is -0.440. The Morgan fingerprint density at radius 1 is 0.926 bits per heavy atom. The van der Waals surface area contributed by atoms with Gasteiger partial charge in [0.2, 0.25) is 0 Å². The van der Waals surface area contributed by atoms with Crippen LogP contribution in [0, 0.1) is 0 Å². The van der Waals surface area contributed by atoms with Crippen LogP contribution < -0.4 is 0 Å². The number of hydrogen-bond acceptors (Lipinski definition) is 4. The summed E-state index contributed by atoms with van der Waals surface area (Å²) in [6.45, 7) is 7.70. The van der Waals surface area contributed by atoms with Crippen LogP contribution in [-0.4, -0.2) is 83.3 Å². The van der Waals surface area contributed by atoms with Gasteiger partial charge < -0.3 is 9.84 Å². The standard InChI is InChI=1S/C13H24F2N2O.C6H8F2O/c1-10(2)16-6-8-17(9-7-16)11-4-3-5-13(14,15)12(11)18;7-6(8)3-1-2-4-5(6)9-4/h10-12,18H,3-9H2,1-2H3;4-5H,1-3H2/t11-,12+;/m0./s1. The lowest BCUT2D eigenvalue weighted by Crippen LogP contribution is -2.59. The molecule has 2 aliphatic carbocycles. The normalized spacial score (nSPS) is 38.7. The maximum absolute atomic E-state index is 13.5. The van der Waals surface area contributed by atoms with Crippen molar-refractivity contribution in [2.24, 2.45) is 0 Å². The number of aliphatic hydroxyl groups is 1. The molecule has 2 saturated carbocycles. The second kappa shape index (κ2) is 8.13. The number of piperazine rings is 1. The van der Waals surface area contributed by atoms with Crippen molar-refractivity contribution in [1.29, 1.82) is 0 Å². The van der Waals surface area contributed by atoms with Gasteiger partial charge in [-0.2, -0.15) is 0 Å². The molecule has 2 saturated heterocycles. The summed E-state index contributed by atoms with van der Waals surface area (Å²) in [5.41, 5.74) is 0. The molecule has 4 fully saturated rings. The number of rotatable bonds is 2. The first-order valence-electron chi connectivity index (χ1n) is 10.2. The minimum absolute atomic E-state index is 0.0220.